The minimum Gasteiger partial charge on any atom is -0.469 e. The molecule has 4 heteroatoms. The summed E-state index contributed by atoms with van der Waals surface area (Å²) in [6, 6.07) is 0. The SMILES string of the molecule is CCN(CC)CCNCC(C)(C)C(=O)OC. The molecule has 16 heavy (non-hydrogen) atoms. The number of methoxy groups -OCH3 is 1. The number of nitrogens with zero attached hydrogens (tertiary/aromatic N) is 1. The lowest BCUT2D eigenvalue weighted by Gasteiger charge is -2.23. The van der Waals surface area contributed by atoms with Crippen LogP contribution in [0.15, 0.2) is 0 Å². The van der Waals surface area contributed by atoms with Crippen LogP contribution < -0.4 is 5.32 Å². The molecule has 0 rings (SSSR count). The van der Waals surface area contributed by atoms with Gasteiger partial charge < -0.3 is 15.0 Å². The number of hydrogen-bond donors (Lipinski definition) is 1. The fourth-order valence-corrected chi connectivity index (χ4v) is 1.53. The van der Waals surface area contributed by atoms with Gasteiger partial charge in [0.1, 0.15) is 0 Å². The number of hydrogen-bond acceptors (Lipinski definition) is 4. The van der Waals surface area contributed by atoms with Gasteiger partial charge in [-0.15, -0.1) is 0 Å². The molecule has 0 aromatic carbocycles. The normalized spacial score (nSPS) is 11.9. The van der Waals surface area contributed by atoms with Crippen LogP contribution in [0.2, 0.25) is 0 Å². The van der Waals surface area contributed by atoms with Crippen LogP contribution >= 0.6 is 0 Å². The average Bonchev–Trinajstić information content (AvgIpc) is 2.28. The highest BCUT2D eigenvalue weighted by atomic mass is 16.5. The summed E-state index contributed by atoms with van der Waals surface area (Å²) in [7, 11) is 1.43. The van der Waals surface area contributed by atoms with Gasteiger partial charge in [-0.25, -0.2) is 0 Å². The van der Waals surface area contributed by atoms with E-state index in [0.29, 0.717) is 6.54 Å². The molecule has 0 unspecified atom stereocenters. The minimum atomic E-state index is -0.446. The number of likely N-dealkylation sites (N-methyl/N-ethyl adjacent to an activating group) is 1. The number of esters is 1. The van der Waals surface area contributed by atoms with Crippen molar-refractivity contribution in [3.8, 4) is 0 Å². The Hall–Kier alpha value is -0.610. The van der Waals surface area contributed by atoms with Crippen LogP contribution in [0.25, 0.3) is 0 Å². The highest BCUT2D eigenvalue weighted by Crippen LogP contribution is 2.14. The summed E-state index contributed by atoms with van der Waals surface area (Å²) in [6.07, 6.45) is 0. The van der Waals surface area contributed by atoms with E-state index in [-0.39, 0.29) is 5.97 Å². The van der Waals surface area contributed by atoms with Crippen LogP contribution in [0.3, 0.4) is 0 Å². The Morgan fingerprint density at radius 2 is 1.88 bits per heavy atom. The quantitative estimate of drug-likeness (QED) is 0.501. The molecule has 0 aromatic heterocycles. The van der Waals surface area contributed by atoms with E-state index in [1.54, 1.807) is 0 Å². The predicted octanol–water partition coefficient (Wildman–Crippen LogP) is 1.12. The second kappa shape index (κ2) is 7.63. The standard InChI is InChI=1S/C12H26N2O2/c1-6-14(7-2)9-8-13-10-12(3,4)11(15)16-5/h13H,6-10H2,1-5H3. The van der Waals surface area contributed by atoms with Crippen LogP contribution in [-0.4, -0.2) is 50.7 Å². The lowest BCUT2D eigenvalue weighted by molar-refractivity contribution is -0.150. The van der Waals surface area contributed by atoms with Crippen molar-refractivity contribution in [2.24, 2.45) is 5.41 Å². The summed E-state index contributed by atoms with van der Waals surface area (Å²) < 4.78 is 4.75. The van der Waals surface area contributed by atoms with Crippen LogP contribution in [0, 0.1) is 5.41 Å². The van der Waals surface area contributed by atoms with Crippen molar-refractivity contribution in [1.82, 2.24) is 10.2 Å². The van der Waals surface area contributed by atoms with Gasteiger partial charge >= 0.3 is 5.97 Å². The first kappa shape index (κ1) is 15.4. The largest absolute Gasteiger partial charge is 0.469 e. The fourth-order valence-electron chi connectivity index (χ4n) is 1.53. The van der Waals surface area contributed by atoms with E-state index in [2.05, 4.69) is 24.1 Å². The summed E-state index contributed by atoms with van der Waals surface area (Å²) in [6.45, 7) is 12.8. The number of ether oxygens (including phenoxy) is 1. The summed E-state index contributed by atoms with van der Waals surface area (Å²) in [5.41, 5.74) is -0.446. The molecule has 96 valence electrons. The highest BCUT2D eigenvalue weighted by Gasteiger charge is 2.27. The molecular formula is C12H26N2O2. The summed E-state index contributed by atoms with van der Waals surface area (Å²) in [4.78, 5) is 13.7. The molecule has 0 bridgehead atoms. The first-order valence-electron chi connectivity index (χ1n) is 5.99. The molecule has 0 aromatic rings. The number of rotatable bonds is 8. The monoisotopic (exact) mass is 230 g/mol. The zero-order chi connectivity index (χ0) is 12.6. The van der Waals surface area contributed by atoms with Crippen molar-refractivity contribution in [2.45, 2.75) is 27.7 Å². The maximum Gasteiger partial charge on any atom is 0.312 e. The van der Waals surface area contributed by atoms with Crippen LogP contribution in [-0.2, 0) is 9.53 Å². The number of nitrogens with one attached hydrogen (secondary N) is 1. The van der Waals surface area contributed by atoms with E-state index in [1.807, 2.05) is 13.8 Å². The third kappa shape index (κ3) is 5.47. The van der Waals surface area contributed by atoms with Crippen molar-refractivity contribution in [3.63, 3.8) is 0 Å². The smallest absolute Gasteiger partial charge is 0.312 e. The van der Waals surface area contributed by atoms with E-state index >= 15 is 0 Å². The van der Waals surface area contributed by atoms with Gasteiger partial charge in [-0.3, -0.25) is 4.79 Å². The molecule has 0 radical (unpaired) electrons. The predicted molar refractivity (Wildman–Crippen MR) is 66.5 cm³/mol. The third-order valence-corrected chi connectivity index (χ3v) is 2.80. The van der Waals surface area contributed by atoms with E-state index in [1.165, 1.54) is 7.11 Å². The zero-order valence-electron chi connectivity index (χ0n) is 11.3. The number of carbonyl (C=O) groups is 1. The molecule has 0 amide bonds. The Kier molecular flexibility index (Phi) is 7.34. The van der Waals surface area contributed by atoms with Gasteiger partial charge in [0.05, 0.1) is 12.5 Å². The first-order chi connectivity index (χ1) is 7.47. The molecule has 0 atom stereocenters. The van der Waals surface area contributed by atoms with E-state index < -0.39 is 5.41 Å². The van der Waals surface area contributed by atoms with Crippen molar-refractivity contribution in [3.05, 3.63) is 0 Å². The van der Waals surface area contributed by atoms with Crippen molar-refractivity contribution in [1.29, 1.82) is 0 Å². The maximum atomic E-state index is 11.4. The molecule has 0 fully saturated rings. The Bertz CT molecular complexity index is 201. The molecule has 1 N–H and O–H groups in total. The zero-order valence-corrected chi connectivity index (χ0v) is 11.3. The molecule has 0 aliphatic carbocycles. The fraction of sp³-hybridized carbons (Fsp3) is 0.917. The van der Waals surface area contributed by atoms with Gasteiger partial charge in [0.2, 0.25) is 0 Å². The molecule has 0 heterocycles. The Morgan fingerprint density at radius 3 is 2.31 bits per heavy atom. The lowest BCUT2D eigenvalue weighted by Crippen LogP contribution is -2.40. The van der Waals surface area contributed by atoms with Crippen molar-refractivity contribution in [2.75, 3.05) is 39.8 Å². The van der Waals surface area contributed by atoms with Crippen molar-refractivity contribution >= 4 is 5.97 Å². The lowest BCUT2D eigenvalue weighted by atomic mass is 9.94. The van der Waals surface area contributed by atoms with Gasteiger partial charge in [0.15, 0.2) is 0 Å². The molecular weight excluding hydrogens is 204 g/mol. The summed E-state index contributed by atoms with van der Waals surface area (Å²) >= 11 is 0. The van der Waals surface area contributed by atoms with Crippen LogP contribution in [0.1, 0.15) is 27.7 Å². The maximum absolute atomic E-state index is 11.4. The van der Waals surface area contributed by atoms with Gasteiger partial charge in [0.25, 0.3) is 0 Å². The van der Waals surface area contributed by atoms with Crippen LogP contribution in [0.4, 0.5) is 0 Å². The highest BCUT2D eigenvalue weighted by molar-refractivity contribution is 5.76. The molecule has 4 nitrogen and oxygen atoms in total. The van der Waals surface area contributed by atoms with Gasteiger partial charge in [-0.2, -0.15) is 0 Å². The topological polar surface area (TPSA) is 41.6 Å². The van der Waals surface area contributed by atoms with Crippen molar-refractivity contribution < 1.29 is 9.53 Å². The molecule has 0 aliphatic rings. The molecule has 0 saturated carbocycles. The minimum absolute atomic E-state index is 0.164. The van der Waals surface area contributed by atoms with Crippen LogP contribution in [0.5, 0.6) is 0 Å². The molecule has 0 spiro atoms. The van der Waals surface area contributed by atoms with E-state index in [9.17, 15) is 4.79 Å². The second-order valence-electron chi connectivity index (χ2n) is 4.58. The summed E-state index contributed by atoms with van der Waals surface area (Å²) in [5, 5.41) is 3.30. The van der Waals surface area contributed by atoms with E-state index in [0.717, 1.165) is 26.2 Å². The summed E-state index contributed by atoms with van der Waals surface area (Å²) in [5.74, 6) is -0.164. The Balaban J connectivity index is 3.77. The van der Waals surface area contributed by atoms with Gasteiger partial charge in [-0.05, 0) is 26.9 Å². The Morgan fingerprint density at radius 1 is 1.31 bits per heavy atom. The van der Waals surface area contributed by atoms with Gasteiger partial charge in [0, 0.05) is 19.6 Å². The first-order valence-corrected chi connectivity index (χ1v) is 5.99. The second-order valence-corrected chi connectivity index (χ2v) is 4.58. The number of carbonyl (C=O) groups excluding carboxylic acids is 1. The average molecular weight is 230 g/mol. The van der Waals surface area contributed by atoms with Gasteiger partial charge in [-0.1, -0.05) is 13.8 Å². The molecule has 0 aliphatic heterocycles. The molecule has 0 saturated heterocycles. The third-order valence-electron chi connectivity index (χ3n) is 2.80. The Labute approximate surface area is 99.3 Å². The van der Waals surface area contributed by atoms with E-state index in [4.69, 9.17) is 4.74 Å².